The fraction of sp³-hybridized carbons (Fsp3) is 0.385. The van der Waals surface area contributed by atoms with E-state index in [2.05, 4.69) is 28.5 Å². The maximum Gasteiger partial charge on any atom is 0.0890 e. The van der Waals surface area contributed by atoms with Gasteiger partial charge in [-0.1, -0.05) is 12.1 Å². The quantitative estimate of drug-likeness (QED) is 0.881. The van der Waals surface area contributed by atoms with Gasteiger partial charge in [-0.15, -0.1) is 0 Å². The van der Waals surface area contributed by atoms with Crippen LogP contribution in [0, 0.1) is 0 Å². The average molecular weight is 247 g/mol. The Labute approximate surface area is 106 Å². The Balaban J connectivity index is 2.04. The number of fused-ring (bicyclic) bond motifs is 1. The van der Waals surface area contributed by atoms with Crippen LogP contribution in [0.4, 0.5) is 0 Å². The predicted molar refractivity (Wildman–Crippen MR) is 74.2 cm³/mol. The lowest BCUT2D eigenvalue weighted by molar-refractivity contribution is 0.588. The van der Waals surface area contributed by atoms with E-state index >= 15 is 0 Å². The number of benzene rings is 1. The topological polar surface area (TPSA) is 37.8 Å². The number of rotatable bonds is 5. The second-order valence-corrected chi connectivity index (χ2v) is 5.00. The third-order valence-corrected chi connectivity index (χ3v) is 3.38. The molecule has 17 heavy (non-hydrogen) atoms. The first-order valence-electron chi connectivity index (χ1n) is 5.72. The van der Waals surface area contributed by atoms with Gasteiger partial charge in [0.05, 0.1) is 22.9 Å². The Hall–Kier alpha value is -1.13. The lowest BCUT2D eigenvalue weighted by Gasteiger charge is -2.11. The summed E-state index contributed by atoms with van der Waals surface area (Å²) < 4.78 is 0. The summed E-state index contributed by atoms with van der Waals surface area (Å²) in [5.74, 6) is 1.11. The molecule has 1 N–H and O–H groups in total. The summed E-state index contributed by atoms with van der Waals surface area (Å²) in [5.41, 5.74) is 2.91. The number of thioether (sulfide) groups is 1. The molecule has 90 valence electrons. The van der Waals surface area contributed by atoms with Gasteiger partial charge in [0.1, 0.15) is 0 Å². The molecule has 2 rings (SSSR count). The van der Waals surface area contributed by atoms with Crippen LogP contribution >= 0.6 is 11.8 Å². The van der Waals surface area contributed by atoms with E-state index in [1.165, 1.54) is 0 Å². The first kappa shape index (κ1) is 12.3. The van der Waals surface area contributed by atoms with Crippen LogP contribution in [0.1, 0.15) is 12.6 Å². The van der Waals surface area contributed by atoms with Crippen LogP contribution in [0.25, 0.3) is 11.0 Å². The Morgan fingerprint density at radius 3 is 2.82 bits per heavy atom. The minimum Gasteiger partial charge on any atom is -0.308 e. The number of nitrogens with zero attached hydrogens (tertiary/aromatic N) is 2. The highest BCUT2D eigenvalue weighted by atomic mass is 32.2. The SMILES string of the molecule is CSCC(C)NCc1cnc2ccccc2n1. The second kappa shape index (κ2) is 5.98. The van der Waals surface area contributed by atoms with E-state index in [9.17, 15) is 0 Å². The monoisotopic (exact) mass is 247 g/mol. The number of hydrogen-bond acceptors (Lipinski definition) is 4. The van der Waals surface area contributed by atoms with Gasteiger partial charge < -0.3 is 5.32 Å². The van der Waals surface area contributed by atoms with Crippen molar-refractivity contribution in [2.75, 3.05) is 12.0 Å². The zero-order valence-corrected chi connectivity index (χ0v) is 11.0. The van der Waals surface area contributed by atoms with E-state index in [1.54, 1.807) is 0 Å². The molecular formula is C13H17N3S. The summed E-state index contributed by atoms with van der Waals surface area (Å²) in [7, 11) is 0. The van der Waals surface area contributed by atoms with Crippen molar-refractivity contribution in [3.8, 4) is 0 Å². The van der Waals surface area contributed by atoms with Crippen molar-refractivity contribution in [2.24, 2.45) is 0 Å². The summed E-state index contributed by atoms with van der Waals surface area (Å²) in [6.45, 7) is 2.96. The van der Waals surface area contributed by atoms with Gasteiger partial charge in [0, 0.05) is 18.3 Å². The zero-order chi connectivity index (χ0) is 12.1. The van der Waals surface area contributed by atoms with Crippen LogP contribution in [0.15, 0.2) is 30.5 Å². The highest BCUT2D eigenvalue weighted by molar-refractivity contribution is 7.98. The number of para-hydroxylation sites is 2. The first-order chi connectivity index (χ1) is 8.29. The van der Waals surface area contributed by atoms with Gasteiger partial charge >= 0.3 is 0 Å². The summed E-state index contributed by atoms with van der Waals surface area (Å²) in [5, 5.41) is 3.44. The third-order valence-electron chi connectivity index (χ3n) is 2.55. The van der Waals surface area contributed by atoms with Crippen LogP contribution in [-0.4, -0.2) is 28.0 Å². The molecule has 1 aromatic heterocycles. The van der Waals surface area contributed by atoms with Gasteiger partial charge in [-0.3, -0.25) is 4.98 Å². The van der Waals surface area contributed by atoms with Crippen LogP contribution in [-0.2, 0) is 6.54 Å². The molecule has 0 aliphatic heterocycles. The van der Waals surface area contributed by atoms with Gasteiger partial charge in [0.15, 0.2) is 0 Å². The predicted octanol–water partition coefficient (Wildman–Crippen LogP) is 2.47. The molecule has 0 spiro atoms. The second-order valence-electron chi connectivity index (χ2n) is 4.09. The number of nitrogens with one attached hydrogen (secondary N) is 1. The summed E-state index contributed by atoms with van der Waals surface area (Å²) in [6, 6.07) is 8.45. The zero-order valence-electron chi connectivity index (χ0n) is 10.2. The van der Waals surface area contributed by atoms with E-state index in [1.807, 2.05) is 42.2 Å². The van der Waals surface area contributed by atoms with Gasteiger partial charge in [-0.25, -0.2) is 4.98 Å². The normalized spacial score (nSPS) is 12.8. The van der Waals surface area contributed by atoms with Gasteiger partial charge in [0.25, 0.3) is 0 Å². The Morgan fingerprint density at radius 2 is 2.06 bits per heavy atom. The molecule has 2 aromatic rings. The molecule has 3 nitrogen and oxygen atoms in total. The van der Waals surface area contributed by atoms with Gasteiger partial charge in [0.2, 0.25) is 0 Å². The maximum absolute atomic E-state index is 4.58. The molecule has 4 heteroatoms. The summed E-state index contributed by atoms with van der Waals surface area (Å²) >= 11 is 1.85. The molecule has 1 unspecified atom stereocenters. The fourth-order valence-electron chi connectivity index (χ4n) is 1.67. The molecule has 1 atom stereocenters. The maximum atomic E-state index is 4.58. The smallest absolute Gasteiger partial charge is 0.0890 e. The van der Waals surface area contributed by atoms with Gasteiger partial charge in [-0.2, -0.15) is 11.8 Å². The largest absolute Gasteiger partial charge is 0.308 e. The molecule has 0 saturated carbocycles. The first-order valence-corrected chi connectivity index (χ1v) is 7.12. The Bertz CT molecular complexity index is 487. The lowest BCUT2D eigenvalue weighted by Crippen LogP contribution is -2.27. The molecule has 0 aliphatic rings. The molecule has 0 radical (unpaired) electrons. The average Bonchev–Trinajstić information content (AvgIpc) is 2.36. The highest BCUT2D eigenvalue weighted by Gasteiger charge is 2.02. The van der Waals surface area contributed by atoms with Crippen molar-refractivity contribution in [3.63, 3.8) is 0 Å². The van der Waals surface area contributed by atoms with Crippen LogP contribution in [0.2, 0.25) is 0 Å². The van der Waals surface area contributed by atoms with Crippen molar-refractivity contribution in [2.45, 2.75) is 19.5 Å². The van der Waals surface area contributed by atoms with Gasteiger partial charge in [-0.05, 0) is 25.3 Å². The molecule has 1 aromatic carbocycles. The van der Waals surface area contributed by atoms with Crippen molar-refractivity contribution < 1.29 is 0 Å². The van der Waals surface area contributed by atoms with Crippen LogP contribution in [0.3, 0.4) is 0 Å². The molecule has 0 aliphatic carbocycles. The van der Waals surface area contributed by atoms with E-state index in [0.717, 1.165) is 29.0 Å². The van der Waals surface area contributed by atoms with Crippen molar-refractivity contribution in [1.82, 2.24) is 15.3 Å². The minimum atomic E-state index is 0.498. The lowest BCUT2D eigenvalue weighted by atomic mass is 10.3. The molecule has 0 saturated heterocycles. The summed E-state index contributed by atoms with van der Waals surface area (Å²) in [4.78, 5) is 8.97. The van der Waals surface area contributed by atoms with Crippen LogP contribution < -0.4 is 5.32 Å². The number of hydrogen-bond donors (Lipinski definition) is 1. The number of aromatic nitrogens is 2. The van der Waals surface area contributed by atoms with E-state index in [4.69, 9.17) is 0 Å². The van der Waals surface area contributed by atoms with Crippen LogP contribution in [0.5, 0.6) is 0 Å². The third kappa shape index (κ3) is 3.41. The molecule has 0 amide bonds. The molecule has 0 bridgehead atoms. The molecule has 1 heterocycles. The Morgan fingerprint density at radius 1 is 1.29 bits per heavy atom. The van der Waals surface area contributed by atoms with E-state index < -0.39 is 0 Å². The molecular weight excluding hydrogens is 230 g/mol. The highest BCUT2D eigenvalue weighted by Crippen LogP contribution is 2.08. The van der Waals surface area contributed by atoms with E-state index in [0.29, 0.717) is 6.04 Å². The fourth-order valence-corrected chi connectivity index (χ4v) is 2.29. The minimum absolute atomic E-state index is 0.498. The Kier molecular flexibility index (Phi) is 4.34. The van der Waals surface area contributed by atoms with Crippen molar-refractivity contribution >= 4 is 22.8 Å². The van der Waals surface area contributed by atoms with E-state index in [-0.39, 0.29) is 0 Å². The summed E-state index contributed by atoms with van der Waals surface area (Å²) in [6.07, 6.45) is 3.97. The standard InChI is InChI=1S/C13H17N3S/c1-10(9-17-2)14-7-11-8-15-12-5-3-4-6-13(12)16-11/h3-6,8,10,14H,7,9H2,1-2H3. The van der Waals surface area contributed by atoms with Crippen molar-refractivity contribution in [3.05, 3.63) is 36.2 Å². The molecule has 0 fully saturated rings. The van der Waals surface area contributed by atoms with Crippen molar-refractivity contribution in [1.29, 1.82) is 0 Å².